The average molecular weight is 223 g/mol. The molecule has 1 aromatic rings. The summed E-state index contributed by atoms with van der Waals surface area (Å²) in [6.07, 6.45) is -0.265. The third kappa shape index (κ3) is 3.24. The highest BCUT2D eigenvalue weighted by molar-refractivity contribution is 5.81. The van der Waals surface area contributed by atoms with Crippen LogP contribution in [0.3, 0.4) is 0 Å². The molecule has 0 aliphatic rings. The molecule has 2 N–H and O–H groups in total. The zero-order chi connectivity index (χ0) is 12.0. The van der Waals surface area contributed by atoms with Gasteiger partial charge in [0.05, 0.1) is 7.11 Å². The molecule has 0 aromatic heterocycles. The van der Waals surface area contributed by atoms with Crippen LogP contribution in [-0.2, 0) is 4.79 Å². The normalized spacial score (nSPS) is 11.9. The Morgan fingerprint density at radius 2 is 2.06 bits per heavy atom. The number of carbonyl (C=O) groups is 1. The van der Waals surface area contributed by atoms with Gasteiger partial charge in [-0.3, -0.25) is 4.79 Å². The molecule has 4 nitrogen and oxygen atoms in total. The molecule has 0 saturated carbocycles. The van der Waals surface area contributed by atoms with E-state index < -0.39 is 6.10 Å². The van der Waals surface area contributed by atoms with Gasteiger partial charge in [-0.2, -0.15) is 0 Å². The second kappa shape index (κ2) is 6.12. The van der Waals surface area contributed by atoms with Gasteiger partial charge in [0.25, 0.3) is 5.91 Å². The van der Waals surface area contributed by atoms with Crippen LogP contribution in [0.4, 0.5) is 0 Å². The number of rotatable bonds is 5. The smallest absolute Gasteiger partial charge is 0.253 e. The van der Waals surface area contributed by atoms with Crippen LogP contribution in [0.2, 0.25) is 0 Å². The number of carbonyl (C=O) groups excluding carboxylic acids is 1. The van der Waals surface area contributed by atoms with Crippen molar-refractivity contribution in [1.82, 2.24) is 5.32 Å². The van der Waals surface area contributed by atoms with Gasteiger partial charge in [-0.05, 0) is 24.1 Å². The monoisotopic (exact) mass is 223 g/mol. The summed E-state index contributed by atoms with van der Waals surface area (Å²) in [5, 5.41) is 12.4. The van der Waals surface area contributed by atoms with Crippen molar-refractivity contribution >= 4 is 5.91 Å². The van der Waals surface area contributed by atoms with Gasteiger partial charge in [-0.1, -0.05) is 19.1 Å². The van der Waals surface area contributed by atoms with Crippen LogP contribution in [0.25, 0.3) is 0 Å². The minimum atomic E-state index is -1.11. The van der Waals surface area contributed by atoms with Crippen LogP contribution in [-0.4, -0.2) is 24.7 Å². The average Bonchev–Trinajstić information content (AvgIpc) is 2.35. The lowest BCUT2D eigenvalue weighted by molar-refractivity contribution is -0.129. The molecule has 0 saturated heterocycles. The minimum Gasteiger partial charge on any atom is -0.497 e. The topological polar surface area (TPSA) is 58.6 Å². The summed E-state index contributed by atoms with van der Waals surface area (Å²) in [5.74, 6) is 0.330. The Balaban J connectivity index is 2.64. The van der Waals surface area contributed by atoms with Gasteiger partial charge in [0.1, 0.15) is 5.75 Å². The summed E-state index contributed by atoms with van der Waals surface area (Å²) >= 11 is 0. The molecular formula is C12H17NO3. The fraction of sp³-hybridized carbons (Fsp3) is 0.417. The van der Waals surface area contributed by atoms with Crippen LogP contribution in [0.1, 0.15) is 25.0 Å². The lowest BCUT2D eigenvalue weighted by Crippen LogP contribution is -2.29. The number of aliphatic hydroxyl groups is 1. The van der Waals surface area contributed by atoms with Crippen molar-refractivity contribution in [1.29, 1.82) is 0 Å². The maximum Gasteiger partial charge on any atom is 0.253 e. The molecule has 1 amide bonds. The zero-order valence-electron chi connectivity index (χ0n) is 9.56. The third-order valence-corrected chi connectivity index (χ3v) is 2.23. The SMILES string of the molecule is CCCNC(=O)C(O)c1ccc(OC)cc1. The largest absolute Gasteiger partial charge is 0.497 e. The predicted octanol–water partition coefficient (Wildman–Crippen LogP) is 1.25. The van der Waals surface area contributed by atoms with E-state index in [0.29, 0.717) is 17.9 Å². The highest BCUT2D eigenvalue weighted by atomic mass is 16.5. The summed E-state index contributed by atoms with van der Waals surface area (Å²) < 4.78 is 4.99. The summed E-state index contributed by atoms with van der Waals surface area (Å²) in [7, 11) is 1.57. The number of hydrogen-bond donors (Lipinski definition) is 2. The molecule has 0 aliphatic carbocycles. The Morgan fingerprint density at radius 3 is 2.56 bits per heavy atom. The van der Waals surface area contributed by atoms with Gasteiger partial charge < -0.3 is 15.2 Å². The molecule has 1 aromatic carbocycles. The number of hydrogen-bond acceptors (Lipinski definition) is 3. The molecule has 88 valence electrons. The standard InChI is InChI=1S/C12H17NO3/c1-3-8-13-12(15)11(14)9-4-6-10(16-2)7-5-9/h4-7,11,14H,3,8H2,1-2H3,(H,13,15). The van der Waals surface area contributed by atoms with Crippen LogP contribution in [0, 0.1) is 0 Å². The molecule has 0 bridgehead atoms. The van der Waals surface area contributed by atoms with Gasteiger partial charge in [-0.25, -0.2) is 0 Å². The summed E-state index contributed by atoms with van der Waals surface area (Å²) in [4.78, 5) is 11.5. The van der Waals surface area contributed by atoms with E-state index in [1.165, 1.54) is 0 Å². The Kier molecular flexibility index (Phi) is 4.79. The van der Waals surface area contributed by atoms with E-state index in [2.05, 4.69) is 5.32 Å². The van der Waals surface area contributed by atoms with Crippen molar-refractivity contribution in [2.24, 2.45) is 0 Å². The second-order valence-corrected chi connectivity index (χ2v) is 3.47. The van der Waals surface area contributed by atoms with Gasteiger partial charge in [0.2, 0.25) is 0 Å². The van der Waals surface area contributed by atoms with Crippen molar-refractivity contribution in [3.63, 3.8) is 0 Å². The Labute approximate surface area is 95.2 Å². The first-order valence-corrected chi connectivity index (χ1v) is 5.28. The molecule has 1 atom stereocenters. The quantitative estimate of drug-likeness (QED) is 0.790. The van der Waals surface area contributed by atoms with Crippen molar-refractivity contribution in [2.75, 3.05) is 13.7 Å². The summed E-state index contributed by atoms with van der Waals surface area (Å²) in [5.41, 5.74) is 0.564. The molecule has 0 aliphatic heterocycles. The van der Waals surface area contributed by atoms with Crippen LogP contribution < -0.4 is 10.1 Å². The molecule has 0 heterocycles. The molecule has 0 radical (unpaired) electrons. The second-order valence-electron chi connectivity index (χ2n) is 3.47. The first kappa shape index (κ1) is 12.5. The first-order valence-electron chi connectivity index (χ1n) is 5.28. The fourth-order valence-electron chi connectivity index (χ4n) is 1.28. The van der Waals surface area contributed by atoms with Crippen molar-refractivity contribution in [2.45, 2.75) is 19.4 Å². The lowest BCUT2D eigenvalue weighted by atomic mass is 10.1. The maximum atomic E-state index is 11.5. The van der Waals surface area contributed by atoms with Crippen LogP contribution >= 0.6 is 0 Å². The van der Waals surface area contributed by atoms with Gasteiger partial charge in [-0.15, -0.1) is 0 Å². The predicted molar refractivity (Wildman–Crippen MR) is 61.3 cm³/mol. The molecule has 0 spiro atoms. The number of methoxy groups -OCH3 is 1. The number of amides is 1. The summed E-state index contributed by atoms with van der Waals surface area (Å²) in [6.45, 7) is 2.53. The van der Waals surface area contributed by atoms with E-state index in [4.69, 9.17) is 4.74 Å². The van der Waals surface area contributed by atoms with E-state index in [1.807, 2.05) is 6.92 Å². The Bertz CT molecular complexity index is 335. The number of nitrogens with one attached hydrogen (secondary N) is 1. The maximum absolute atomic E-state index is 11.5. The van der Waals surface area contributed by atoms with Crippen LogP contribution in [0.5, 0.6) is 5.75 Å². The van der Waals surface area contributed by atoms with E-state index in [9.17, 15) is 9.90 Å². The number of ether oxygens (including phenoxy) is 1. The number of benzene rings is 1. The summed E-state index contributed by atoms with van der Waals surface area (Å²) in [6, 6.07) is 6.78. The molecule has 1 unspecified atom stereocenters. The highest BCUT2D eigenvalue weighted by Crippen LogP contribution is 2.17. The van der Waals surface area contributed by atoms with Crippen molar-refractivity contribution in [3.05, 3.63) is 29.8 Å². The molecule has 0 fully saturated rings. The first-order chi connectivity index (χ1) is 7.69. The lowest BCUT2D eigenvalue weighted by Gasteiger charge is -2.11. The van der Waals surface area contributed by atoms with Crippen molar-refractivity contribution in [3.8, 4) is 5.75 Å². The van der Waals surface area contributed by atoms with Gasteiger partial charge >= 0.3 is 0 Å². The van der Waals surface area contributed by atoms with E-state index >= 15 is 0 Å². The van der Waals surface area contributed by atoms with Crippen LogP contribution in [0.15, 0.2) is 24.3 Å². The van der Waals surface area contributed by atoms with Gasteiger partial charge in [0, 0.05) is 6.54 Å². The zero-order valence-corrected chi connectivity index (χ0v) is 9.56. The van der Waals surface area contributed by atoms with E-state index in [-0.39, 0.29) is 5.91 Å². The minimum absolute atomic E-state index is 0.369. The highest BCUT2D eigenvalue weighted by Gasteiger charge is 2.16. The third-order valence-electron chi connectivity index (χ3n) is 2.23. The fourth-order valence-corrected chi connectivity index (χ4v) is 1.28. The molecular weight excluding hydrogens is 206 g/mol. The molecule has 16 heavy (non-hydrogen) atoms. The van der Waals surface area contributed by atoms with E-state index in [1.54, 1.807) is 31.4 Å². The van der Waals surface area contributed by atoms with Crippen molar-refractivity contribution < 1.29 is 14.6 Å². The Morgan fingerprint density at radius 1 is 1.44 bits per heavy atom. The Hall–Kier alpha value is -1.55. The molecule has 4 heteroatoms. The van der Waals surface area contributed by atoms with Gasteiger partial charge in [0.15, 0.2) is 6.10 Å². The van der Waals surface area contributed by atoms with E-state index in [0.717, 1.165) is 6.42 Å². The molecule has 1 rings (SSSR count). The number of aliphatic hydroxyl groups excluding tert-OH is 1.